The number of ketones is 1. The quantitative estimate of drug-likeness (QED) is 0.744. The van der Waals surface area contributed by atoms with E-state index in [0.717, 1.165) is 12.8 Å². The van der Waals surface area contributed by atoms with Gasteiger partial charge in [0.2, 0.25) is 0 Å². The second-order valence-electron chi connectivity index (χ2n) is 4.45. The molecule has 0 fully saturated rings. The molecule has 3 nitrogen and oxygen atoms in total. The number of aliphatic hydroxyl groups is 1. The summed E-state index contributed by atoms with van der Waals surface area (Å²) < 4.78 is 4.44. The van der Waals surface area contributed by atoms with Gasteiger partial charge in [-0.1, -0.05) is 27.7 Å². The Hall–Kier alpha value is -0.410. The summed E-state index contributed by atoms with van der Waals surface area (Å²) in [5, 5.41) is 7.94. The Labute approximate surface area is 93.8 Å². The van der Waals surface area contributed by atoms with Gasteiger partial charge in [0.15, 0.2) is 0 Å². The van der Waals surface area contributed by atoms with Gasteiger partial charge in [-0.2, -0.15) is 0 Å². The second-order valence-corrected chi connectivity index (χ2v) is 4.45. The SMILES string of the molecule is CC(C)CC(=O)CC(C)C.COCCO. The Morgan fingerprint density at radius 2 is 1.53 bits per heavy atom. The molecule has 0 radical (unpaired) electrons. The molecule has 0 saturated heterocycles. The fourth-order valence-electron chi connectivity index (χ4n) is 1.09. The molecule has 0 aliphatic carbocycles. The summed E-state index contributed by atoms with van der Waals surface area (Å²) >= 11 is 0. The van der Waals surface area contributed by atoms with Crippen molar-refractivity contribution in [1.82, 2.24) is 0 Å². The van der Waals surface area contributed by atoms with E-state index in [0.29, 0.717) is 24.2 Å². The molecule has 0 atom stereocenters. The molecule has 1 N–H and O–H groups in total. The topological polar surface area (TPSA) is 46.5 Å². The Kier molecular flexibility index (Phi) is 13.2. The monoisotopic (exact) mass is 218 g/mol. The predicted molar refractivity (Wildman–Crippen MR) is 62.9 cm³/mol. The third-order valence-electron chi connectivity index (χ3n) is 1.57. The Morgan fingerprint density at radius 1 is 1.13 bits per heavy atom. The van der Waals surface area contributed by atoms with E-state index >= 15 is 0 Å². The van der Waals surface area contributed by atoms with E-state index in [1.54, 1.807) is 7.11 Å². The lowest BCUT2D eigenvalue weighted by Crippen LogP contribution is -2.05. The maximum atomic E-state index is 11.1. The molecule has 3 heteroatoms. The molecule has 0 rings (SSSR count). The van der Waals surface area contributed by atoms with Crippen LogP contribution in [0.1, 0.15) is 40.5 Å². The van der Waals surface area contributed by atoms with Crippen LogP contribution in [0.5, 0.6) is 0 Å². The summed E-state index contributed by atoms with van der Waals surface area (Å²) in [5.74, 6) is 1.45. The van der Waals surface area contributed by atoms with Crippen molar-refractivity contribution >= 4 is 5.78 Å². The van der Waals surface area contributed by atoms with Crippen molar-refractivity contribution in [3.8, 4) is 0 Å². The van der Waals surface area contributed by atoms with Gasteiger partial charge in [-0.15, -0.1) is 0 Å². The van der Waals surface area contributed by atoms with Crippen molar-refractivity contribution in [3.63, 3.8) is 0 Å². The fourth-order valence-corrected chi connectivity index (χ4v) is 1.09. The van der Waals surface area contributed by atoms with Crippen LogP contribution in [0.4, 0.5) is 0 Å². The van der Waals surface area contributed by atoms with E-state index in [4.69, 9.17) is 5.11 Å². The number of methoxy groups -OCH3 is 1. The highest BCUT2D eigenvalue weighted by atomic mass is 16.5. The molecule has 0 aromatic heterocycles. The van der Waals surface area contributed by atoms with Gasteiger partial charge in [0, 0.05) is 20.0 Å². The maximum absolute atomic E-state index is 11.1. The minimum Gasteiger partial charge on any atom is -0.394 e. The summed E-state index contributed by atoms with van der Waals surface area (Å²) in [6.07, 6.45) is 1.50. The van der Waals surface area contributed by atoms with Crippen LogP contribution in [0.3, 0.4) is 0 Å². The fraction of sp³-hybridized carbons (Fsp3) is 0.917. The van der Waals surface area contributed by atoms with E-state index in [1.165, 1.54) is 0 Å². The Bertz CT molecular complexity index is 128. The van der Waals surface area contributed by atoms with Gasteiger partial charge in [-0.3, -0.25) is 4.79 Å². The first-order valence-corrected chi connectivity index (χ1v) is 5.55. The van der Waals surface area contributed by atoms with E-state index in [2.05, 4.69) is 32.4 Å². The lowest BCUT2D eigenvalue weighted by molar-refractivity contribution is -0.120. The molecule has 0 spiro atoms. The highest BCUT2D eigenvalue weighted by Crippen LogP contribution is 2.07. The number of aliphatic hydroxyl groups excluding tert-OH is 1. The van der Waals surface area contributed by atoms with Crippen molar-refractivity contribution in [3.05, 3.63) is 0 Å². The first kappa shape index (κ1) is 17.0. The number of carbonyl (C=O) groups is 1. The van der Waals surface area contributed by atoms with Crippen LogP contribution >= 0.6 is 0 Å². The van der Waals surface area contributed by atoms with Crippen LogP contribution in [0.25, 0.3) is 0 Å². The summed E-state index contributed by atoms with van der Waals surface area (Å²) in [7, 11) is 1.55. The van der Waals surface area contributed by atoms with Crippen LogP contribution in [0, 0.1) is 11.8 Å². The van der Waals surface area contributed by atoms with Gasteiger partial charge in [-0.05, 0) is 11.8 Å². The Morgan fingerprint density at radius 3 is 1.67 bits per heavy atom. The zero-order valence-corrected chi connectivity index (χ0v) is 10.7. The number of rotatable bonds is 6. The minimum atomic E-state index is 0.122. The number of ether oxygens (including phenoxy) is 1. The Balaban J connectivity index is 0. The zero-order chi connectivity index (χ0) is 12.3. The van der Waals surface area contributed by atoms with Crippen molar-refractivity contribution in [1.29, 1.82) is 0 Å². The standard InChI is InChI=1S/C9H18O.C3H8O2/c1-7(2)5-9(10)6-8(3)4;1-5-3-2-4/h7-8H,5-6H2,1-4H3;4H,2-3H2,1H3. The average Bonchev–Trinajstić information content (AvgIpc) is 2.03. The molecule has 0 aliphatic heterocycles. The van der Waals surface area contributed by atoms with Crippen LogP contribution < -0.4 is 0 Å². The zero-order valence-electron chi connectivity index (χ0n) is 10.7. The molecule has 92 valence electrons. The highest BCUT2D eigenvalue weighted by molar-refractivity contribution is 5.78. The van der Waals surface area contributed by atoms with Gasteiger partial charge < -0.3 is 9.84 Å². The third kappa shape index (κ3) is 19.8. The van der Waals surface area contributed by atoms with Gasteiger partial charge in [0.25, 0.3) is 0 Å². The summed E-state index contributed by atoms with van der Waals surface area (Å²) in [6, 6.07) is 0. The molecule has 0 aromatic rings. The smallest absolute Gasteiger partial charge is 0.133 e. The first-order valence-electron chi connectivity index (χ1n) is 5.55. The molecule has 0 bridgehead atoms. The number of hydrogen-bond acceptors (Lipinski definition) is 3. The number of carbonyl (C=O) groups excluding carboxylic acids is 1. The third-order valence-corrected chi connectivity index (χ3v) is 1.57. The van der Waals surface area contributed by atoms with Crippen molar-refractivity contribution < 1.29 is 14.6 Å². The average molecular weight is 218 g/mol. The first-order chi connectivity index (χ1) is 6.93. The van der Waals surface area contributed by atoms with E-state index in [9.17, 15) is 4.79 Å². The van der Waals surface area contributed by atoms with Crippen LogP contribution in [0.2, 0.25) is 0 Å². The van der Waals surface area contributed by atoms with E-state index in [1.807, 2.05) is 0 Å². The van der Waals surface area contributed by atoms with E-state index in [-0.39, 0.29) is 6.61 Å². The minimum absolute atomic E-state index is 0.122. The summed E-state index contributed by atoms with van der Waals surface area (Å²) in [6.45, 7) is 8.89. The van der Waals surface area contributed by atoms with E-state index < -0.39 is 0 Å². The second kappa shape index (κ2) is 11.7. The van der Waals surface area contributed by atoms with Crippen LogP contribution in [0.15, 0.2) is 0 Å². The molecular formula is C12H26O3. The molecular weight excluding hydrogens is 192 g/mol. The molecule has 0 heterocycles. The van der Waals surface area contributed by atoms with Gasteiger partial charge >= 0.3 is 0 Å². The molecule has 0 saturated carbocycles. The van der Waals surface area contributed by atoms with Crippen molar-refractivity contribution in [2.24, 2.45) is 11.8 Å². The summed E-state index contributed by atoms with van der Waals surface area (Å²) in [5.41, 5.74) is 0. The van der Waals surface area contributed by atoms with Crippen LogP contribution in [-0.4, -0.2) is 31.2 Å². The lowest BCUT2D eigenvalue weighted by Gasteiger charge is -2.05. The van der Waals surface area contributed by atoms with Crippen molar-refractivity contribution in [2.45, 2.75) is 40.5 Å². The molecule has 15 heavy (non-hydrogen) atoms. The van der Waals surface area contributed by atoms with Gasteiger partial charge in [-0.25, -0.2) is 0 Å². The van der Waals surface area contributed by atoms with Crippen molar-refractivity contribution in [2.75, 3.05) is 20.3 Å². The van der Waals surface area contributed by atoms with Gasteiger partial charge in [0.1, 0.15) is 5.78 Å². The normalized spacial score (nSPS) is 10.1. The largest absolute Gasteiger partial charge is 0.394 e. The lowest BCUT2D eigenvalue weighted by atomic mass is 10.00. The molecule has 0 aliphatic rings. The molecule has 0 amide bonds. The maximum Gasteiger partial charge on any atom is 0.133 e. The summed E-state index contributed by atoms with van der Waals surface area (Å²) in [4.78, 5) is 11.1. The van der Waals surface area contributed by atoms with Crippen LogP contribution in [-0.2, 0) is 9.53 Å². The predicted octanol–water partition coefficient (Wildman–Crippen LogP) is 2.27. The number of Topliss-reactive ketones (excluding diaryl/α,β-unsaturated/α-hetero) is 1. The highest BCUT2D eigenvalue weighted by Gasteiger charge is 2.06. The molecule has 0 aromatic carbocycles. The molecule has 0 unspecified atom stereocenters. The van der Waals surface area contributed by atoms with Gasteiger partial charge in [0.05, 0.1) is 13.2 Å². The number of hydrogen-bond donors (Lipinski definition) is 1.